The highest BCUT2D eigenvalue weighted by atomic mass is 19.1. The van der Waals surface area contributed by atoms with Crippen LogP contribution >= 0.6 is 0 Å². The highest BCUT2D eigenvalue weighted by Gasteiger charge is 2.23. The molecule has 14 heavy (non-hydrogen) atoms. The lowest BCUT2D eigenvalue weighted by Crippen LogP contribution is -2.36. The molecule has 0 saturated carbocycles. The first kappa shape index (κ1) is 10.6. The molecule has 1 rings (SSSR count). The van der Waals surface area contributed by atoms with Crippen LogP contribution in [0.15, 0.2) is 24.3 Å². The Bertz CT molecular complexity index is 325. The maximum atomic E-state index is 12.5. The first-order valence-corrected chi connectivity index (χ1v) is 3.94. The summed E-state index contributed by atoms with van der Waals surface area (Å²) in [5, 5.41) is 17.9. The Labute approximate surface area is 79.8 Å². The molecule has 4 N–H and O–H groups in total. The molecule has 0 aliphatic carbocycles. The van der Waals surface area contributed by atoms with Gasteiger partial charge in [0.15, 0.2) is 0 Å². The van der Waals surface area contributed by atoms with Crippen LogP contribution in [0.2, 0.25) is 0 Å². The van der Waals surface area contributed by atoms with E-state index in [9.17, 15) is 14.3 Å². The quantitative estimate of drug-likeness (QED) is 0.652. The molecule has 4 nitrogen and oxygen atoms in total. The lowest BCUT2D eigenvalue weighted by molar-refractivity contribution is -0.141. The van der Waals surface area contributed by atoms with Gasteiger partial charge in [0.1, 0.15) is 18.0 Å². The van der Waals surface area contributed by atoms with E-state index >= 15 is 0 Å². The molecule has 0 aliphatic rings. The third-order valence-electron chi connectivity index (χ3n) is 1.84. The third kappa shape index (κ3) is 2.27. The van der Waals surface area contributed by atoms with Crippen LogP contribution in [0.3, 0.4) is 0 Å². The van der Waals surface area contributed by atoms with Crippen LogP contribution in [-0.4, -0.2) is 22.2 Å². The van der Waals surface area contributed by atoms with Crippen LogP contribution in [0.25, 0.3) is 0 Å². The van der Waals surface area contributed by atoms with Gasteiger partial charge in [0.05, 0.1) is 0 Å². The number of rotatable bonds is 3. The predicted molar refractivity (Wildman–Crippen MR) is 47.0 cm³/mol. The fourth-order valence-corrected chi connectivity index (χ4v) is 1.00. The average Bonchev–Trinajstić information content (AvgIpc) is 2.16. The number of aliphatic carboxylic acids is 1. The molecule has 1 aromatic rings. The second kappa shape index (κ2) is 4.17. The second-order valence-corrected chi connectivity index (χ2v) is 2.86. The minimum absolute atomic E-state index is 0.279. The van der Waals surface area contributed by atoms with Gasteiger partial charge in [0, 0.05) is 0 Å². The average molecular weight is 199 g/mol. The van der Waals surface area contributed by atoms with Gasteiger partial charge in [-0.25, -0.2) is 4.39 Å². The van der Waals surface area contributed by atoms with E-state index in [4.69, 9.17) is 10.8 Å². The van der Waals surface area contributed by atoms with Crippen LogP contribution < -0.4 is 5.73 Å². The summed E-state index contributed by atoms with van der Waals surface area (Å²) >= 11 is 0. The zero-order chi connectivity index (χ0) is 10.7. The molecule has 0 spiro atoms. The van der Waals surface area contributed by atoms with Crippen LogP contribution in [0.5, 0.6) is 0 Å². The fraction of sp³-hybridized carbons (Fsp3) is 0.222. The lowest BCUT2D eigenvalue weighted by Gasteiger charge is -2.14. The monoisotopic (exact) mass is 199 g/mol. The smallest absolute Gasteiger partial charge is 0.323 e. The zero-order valence-electron chi connectivity index (χ0n) is 7.22. The van der Waals surface area contributed by atoms with E-state index in [2.05, 4.69) is 0 Å². The highest BCUT2D eigenvalue weighted by molar-refractivity contribution is 5.74. The first-order valence-electron chi connectivity index (χ1n) is 3.94. The van der Waals surface area contributed by atoms with Gasteiger partial charge in [0.25, 0.3) is 0 Å². The number of nitrogens with two attached hydrogens (primary N) is 1. The van der Waals surface area contributed by atoms with Crippen LogP contribution in [0, 0.1) is 5.82 Å². The summed E-state index contributed by atoms with van der Waals surface area (Å²) in [6.07, 6.45) is -1.33. The van der Waals surface area contributed by atoms with Crippen molar-refractivity contribution in [2.45, 2.75) is 12.1 Å². The summed E-state index contributed by atoms with van der Waals surface area (Å²) in [4.78, 5) is 10.4. The van der Waals surface area contributed by atoms with Crippen LogP contribution in [0.1, 0.15) is 11.7 Å². The third-order valence-corrected chi connectivity index (χ3v) is 1.84. The van der Waals surface area contributed by atoms with Gasteiger partial charge in [-0.2, -0.15) is 0 Å². The molecule has 0 aromatic heterocycles. The Morgan fingerprint density at radius 1 is 1.36 bits per heavy atom. The maximum absolute atomic E-state index is 12.5. The molecule has 0 aliphatic heterocycles. The topological polar surface area (TPSA) is 83.6 Å². The lowest BCUT2D eigenvalue weighted by atomic mass is 10.0. The standard InChI is InChI=1S/C9H10FNO3/c10-6-3-1-5(2-4-6)8(12)7(11)9(13)14/h1-4,7-8,12H,11H2,(H,13,14)/t7-,8-/m0/s1. The predicted octanol–water partition coefficient (Wildman–Crippen LogP) is 0.271. The molecule has 0 fully saturated rings. The number of carbonyl (C=O) groups is 1. The molecule has 76 valence electrons. The second-order valence-electron chi connectivity index (χ2n) is 2.86. The minimum atomic E-state index is -1.40. The van der Waals surface area contributed by atoms with E-state index in [-0.39, 0.29) is 5.56 Å². The summed E-state index contributed by atoms with van der Waals surface area (Å²) < 4.78 is 12.5. The number of hydrogen-bond acceptors (Lipinski definition) is 3. The Morgan fingerprint density at radius 3 is 2.29 bits per heavy atom. The van der Waals surface area contributed by atoms with Crippen molar-refractivity contribution in [2.24, 2.45) is 5.73 Å². The van der Waals surface area contributed by atoms with Crippen molar-refractivity contribution in [3.8, 4) is 0 Å². The van der Waals surface area contributed by atoms with Crippen molar-refractivity contribution in [3.63, 3.8) is 0 Å². The Hall–Kier alpha value is -1.46. The Balaban J connectivity index is 2.84. The van der Waals surface area contributed by atoms with Gasteiger partial charge in [-0.15, -0.1) is 0 Å². The van der Waals surface area contributed by atoms with E-state index in [1.807, 2.05) is 0 Å². The van der Waals surface area contributed by atoms with E-state index in [1.54, 1.807) is 0 Å². The largest absolute Gasteiger partial charge is 0.480 e. The normalized spacial score (nSPS) is 14.8. The number of carboxylic acids is 1. The maximum Gasteiger partial charge on any atom is 0.323 e. The molecule has 0 saturated heterocycles. The number of aliphatic hydroxyl groups excluding tert-OH is 1. The summed E-state index contributed by atoms with van der Waals surface area (Å²) in [7, 11) is 0. The van der Waals surface area contributed by atoms with Gasteiger partial charge in [0.2, 0.25) is 0 Å². The summed E-state index contributed by atoms with van der Waals surface area (Å²) in [6, 6.07) is 3.45. The summed E-state index contributed by atoms with van der Waals surface area (Å²) in [5.74, 6) is -1.76. The SMILES string of the molecule is N[C@H](C(=O)O)[C@@H](O)c1ccc(F)cc1. The molecular weight excluding hydrogens is 189 g/mol. The van der Waals surface area contributed by atoms with E-state index in [0.29, 0.717) is 0 Å². The van der Waals surface area contributed by atoms with Crippen molar-refractivity contribution < 1.29 is 19.4 Å². The molecule has 0 unspecified atom stereocenters. The highest BCUT2D eigenvalue weighted by Crippen LogP contribution is 2.15. The number of benzene rings is 1. The van der Waals surface area contributed by atoms with Crippen LogP contribution in [0.4, 0.5) is 4.39 Å². The van der Waals surface area contributed by atoms with Gasteiger partial charge in [-0.05, 0) is 17.7 Å². The molecule has 0 bridgehead atoms. The van der Waals surface area contributed by atoms with Crippen molar-refractivity contribution in [1.29, 1.82) is 0 Å². The molecule has 0 heterocycles. The molecule has 0 amide bonds. The van der Waals surface area contributed by atoms with Crippen molar-refractivity contribution in [3.05, 3.63) is 35.6 Å². The van der Waals surface area contributed by atoms with E-state index in [0.717, 1.165) is 12.1 Å². The van der Waals surface area contributed by atoms with E-state index < -0.39 is 23.9 Å². The fourth-order valence-electron chi connectivity index (χ4n) is 1.00. The van der Waals surface area contributed by atoms with Crippen molar-refractivity contribution >= 4 is 5.97 Å². The summed E-state index contributed by atoms with van der Waals surface area (Å²) in [6.45, 7) is 0. The molecule has 0 radical (unpaired) electrons. The summed E-state index contributed by atoms with van der Waals surface area (Å²) in [5.41, 5.74) is 5.47. The molecule has 1 aromatic carbocycles. The molecular formula is C9H10FNO3. The Kier molecular flexibility index (Phi) is 3.16. The van der Waals surface area contributed by atoms with Crippen LogP contribution in [-0.2, 0) is 4.79 Å². The van der Waals surface area contributed by atoms with E-state index in [1.165, 1.54) is 12.1 Å². The van der Waals surface area contributed by atoms with Gasteiger partial charge >= 0.3 is 5.97 Å². The number of halogens is 1. The number of hydrogen-bond donors (Lipinski definition) is 3. The van der Waals surface area contributed by atoms with Crippen molar-refractivity contribution in [1.82, 2.24) is 0 Å². The van der Waals surface area contributed by atoms with Gasteiger partial charge in [-0.3, -0.25) is 4.79 Å². The molecule has 5 heteroatoms. The minimum Gasteiger partial charge on any atom is -0.480 e. The number of carboxylic acid groups (broad SMARTS) is 1. The first-order chi connectivity index (χ1) is 6.52. The molecule has 2 atom stereocenters. The number of aliphatic hydroxyl groups is 1. The zero-order valence-corrected chi connectivity index (χ0v) is 7.22. The van der Waals surface area contributed by atoms with Crippen molar-refractivity contribution in [2.75, 3.05) is 0 Å². The Morgan fingerprint density at radius 2 is 1.86 bits per heavy atom. The van der Waals surface area contributed by atoms with Gasteiger partial charge < -0.3 is 15.9 Å². The van der Waals surface area contributed by atoms with Gasteiger partial charge in [-0.1, -0.05) is 12.1 Å².